The Hall–Kier alpha value is -1.05. The number of nitrogens with zero attached hydrogens (tertiary/aromatic N) is 2. The maximum atomic E-state index is 12.7. The lowest BCUT2D eigenvalue weighted by Gasteiger charge is -2.33. The van der Waals surface area contributed by atoms with Gasteiger partial charge in [0, 0.05) is 10.5 Å². The molecule has 0 aliphatic heterocycles. The summed E-state index contributed by atoms with van der Waals surface area (Å²) in [7, 11) is 0. The van der Waals surface area contributed by atoms with Gasteiger partial charge in [-0.3, -0.25) is 4.79 Å². The Morgan fingerprint density at radius 3 is 2.68 bits per heavy atom. The predicted octanol–water partition coefficient (Wildman–Crippen LogP) is 4.01. The van der Waals surface area contributed by atoms with Crippen LogP contribution in [0.3, 0.4) is 0 Å². The van der Waals surface area contributed by atoms with Crippen LogP contribution in [0.4, 0.5) is 0 Å². The molecule has 100 valence electrons. The number of amides is 1. The first kappa shape index (κ1) is 14.4. The van der Waals surface area contributed by atoms with Crippen LogP contribution in [0.25, 0.3) is 0 Å². The molecular weight excluding hydrogens is 328 g/mol. The molecule has 0 radical (unpaired) electrons. The summed E-state index contributed by atoms with van der Waals surface area (Å²) in [5.74, 6) is -0.180. The largest absolute Gasteiger partial charge is 0.317 e. The van der Waals surface area contributed by atoms with Crippen LogP contribution in [0.1, 0.15) is 37.0 Å². The van der Waals surface area contributed by atoms with Crippen LogP contribution in [-0.2, 0) is 0 Å². The molecule has 1 aliphatic carbocycles. The number of carbonyl (C=O) groups is 1. The summed E-state index contributed by atoms with van der Waals surface area (Å²) in [6.45, 7) is 3.52. The highest BCUT2D eigenvalue weighted by molar-refractivity contribution is 9.10. The lowest BCUT2D eigenvalue weighted by Crippen LogP contribution is -2.48. The topological polar surface area (TPSA) is 44.1 Å². The van der Waals surface area contributed by atoms with Crippen molar-refractivity contribution in [2.45, 2.75) is 38.3 Å². The van der Waals surface area contributed by atoms with Crippen molar-refractivity contribution in [3.8, 4) is 6.07 Å². The van der Waals surface area contributed by atoms with E-state index in [0.29, 0.717) is 15.1 Å². The van der Waals surface area contributed by atoms with Crippen LogP contribution in [0, 0.1) is 11.3 Å². The SMILES string of the molecule is CC(C)(C#N)N(C(=O)c1cccc(Br)c1Cl)C1CC1. The van der Waals surface area contributed by atoms with Gasteiger partial charge in [0.2, 0.25) is 0 Å². The van der Waals surface area contributed by atoms with Gasteiger partial charge < -0.3 is 4.90 Å². The van der Waals surface area contributed by atoms with Gasteiger partial charge in [-0.2, -0.15) is 5.26 Å². The molecule has 2 rings (SSSR count). The summed E-state index contributed by atoms with van der Waals surface area (Å²) in [5, 5.41) is 9.67. The molecule has 0 unspecified atom stereocenters. The molecule has 1 aromatic rings. The van der Waals surface area contributed by atoms with E-state index in [0.717, 1.165) is 12.8 Å². The second-order valence-electron chi connectivity index (χ2n) is 5.18. The van der Waals surface area contributed by atoms with Crippen LogP contribution in [0.15, 0.2) is 22.7 Å². The lowest BCUT2D eigenvalue weighted by atomic mass is 10.0. The molecule has 1 aromatic carbocycles. The number of benzene rings is 1. The van der Waals surface area contributed by atoms with Crippen LogP contribution in [0.5, 0.6) is 0 Å². The van der Waals surface area contributed by atoms with Crippen LogP contribution < -0.4 is 0 Å². The number of hydrogen-bond acceptors (Lipinski definition) is 2. The van der Waals surface area contributed by atoms with Gasteiger partial charge in [-0.15, -0.1) is 0 Å². The maximum absolute atomic E-state index is 12.7. The molecule has 19 heavy (non-hydrogen) atoms. The van der Waals surface area contributed by atoms with Crippen molar-refractivity contribution in [3.05, 3.63) is 33.3 Å². The standard InChI is InChI=1S/C14H14BrClN2O/c1-14(2,8-17)18(9-6-7-9)13(19)10-4-3-5-11(15)12(10)16/h3-5,9H,6-7H2,1-2H3. The second-order valence-corrected chi connectivity index (χ2v) is 6.41. The zero-order chi connectivity index (χ0) is 14.2. The van der Waals surface area contributed by atoms with Gasteiger partial charge >= 0.3 is 0 Å². The third-order valence-electron chi connectivity index (χ3n) is 3.19. The zero-order valence-corrected chi connectivity index (χ0v) is 13.1. The Kier molecular flexibility index (Phi) is 3.89. The quantitative estimate of drug-likeness (QED) is 0.834. The van der Waals surface area contributed by atoms with Crippen LogP contribution >= 0.6 is 27.5 Å². The Morgan fingerprint density at radius 1 is 1.53 bits per heavy atom. The van der Waals surface area contributed by atoms with Crippen LogP contribution in [0.2, 0.25) is 5.02 Å². The summed E-state index contributed by atoms with van der Waals surface area (Å²) in [5.41, 5.74) is -0.393. The Morgan fingerprint density at radius 2 is 2.16 bits per heavy atom. The molecule has 0 spiro atoms. The van der Waals surface area contributed by atoms with E-state index in [1.807, 2.05) is 0 Å². The van der Waals surface area contributed by atoms with Crippen molar-refractivity contribution >= 4 is 33.4 Å². The van der Waals surface area contributed by atoms with Gasteiger partial charge in [0.1, 0.15) is 5.54 Å². The van der Waals surface area contributed by atoms with E-state index in [4.69, 9.17) is 11.6 Å². The molecule has 1 fully saturated rings. The summed E-state index contributed by atoms with van der Waals surface area (Å²) >= 11 is 9.49. The van der Waals surface area contributed by atoms with Gasteiger partial charge in [-0.25, -0.2) is 0 Å². The van der Waals surface area contributed by atoms with Crippen molar-refractivity contribution in [3.63, 3.8) is 0 Å². The van der Waals surface area contributed by atoms with Crippen molar-refractivity contribution in [2.75, 3.05) is 0 Å². The summed E-state index contributed by atoms with van der Waals surface area (Å²) in [4.78, 5) is 14.3. The third kappa shape index (κ3) is 2.77. The van der Waals surface area contributed by atoms with E-state index in [2.05, 4.69) is 22.0 Å². The molecule has 3 nitrogen and oxygen atoms in total. The molecule has 0 N–H and O–H groups in total. The first-order valence-electron chi connectivity index (χ1n) is 6.07. The van der Waals surface area contributed by atoms with E-state index >= 15 is 0 Å². The normalized spacial score (nSPS) is 14.9. The first-order valence-corrected chi connectivity index (χ1v) is 7.24. The van der Waals surface area contributed by atoms with Crippen molar-refractivity contribution in [1.82, 2.24) is 4.90 Å². The average molecular weight is 342 g/mol. The van der Waals surface area contributed by atoms with Gasteiger partial charge in [-0.05, 0) is 54.8 Å². The minimum atomic E-state index is -0.829. The van der Waals surface area contributed by atoms with E-state index in [1.54, 1.807) is 36.9 Å². The first-order chi connectivity index (χ1) is 8.88. The Bertz CT molecular complexity index is 561. The fraction of sp³-hybridized carbons (Fsp3) is 0.429. The summed E-state index contributed by atoms with van der Waals surface area (Å²) in [6.07, 6.45) is 1.89. The third-order valence-corrected chi connectivity index (χ3v) is 4.48. The van der Waals surface area contributed by atoms with Crippen molar-refractivity contribution in [1.29, 1.82) is 5.26 Å². The minimum Gasteiger partial charge on any atom is -0.317 e. The molecule has 0 aromatic heterocycles. The number of hydrogen-bond donors (Lipinski definition) is 0. The van der Waals surface area contributed by atoms with E-state index in [1.165, 1.54) is 0 Å². The highest BCUT2D eigenvalue weighted by Gasteiger charge is 2.42. The zero-order valence-electron chi connectivity index (χ0n) is 10.8. The molecular formula is C14H14BrClN2O. The van der Waals surface area contributed by atoms with E-state index in [-0.39, 0.29) is 11.9 Å². The number of nitriles is 1. The lowest BCUT2D eigenvalue weighted by molar-refractivity contribution is 0.0615. The predicted molar refractivity (Wildman–Crippen MR) is 78.0 cm³/mol. The van der Waals surface area contributed by atoms with Gasteiger partial charge in [0.15, 0.2) is 0 Å². The summed E-state index contributed by atoms with van der Waals surface area (Å²) < 4.78 is 0.686. The van der Waals surface area contributed by atoms with E-state index in [9.17, 15) is 10.1 Å². The second kappa shape index (κ2) is 5.15. The van der Waals surface area contributed by atoms with Crippen LogP contribution in [-0.4, -0.2) is 22.4 Å². The molecule has 5 heteroatoms. The summed E-state index contributed by atoms with van der Waals surface area (Å²) in [6, 6.07) is 7.60. The average Bonchev–Trinajstić information content (AvgIpc) is 3.17. The fourth-order valence-electron chi connectivity index (χ4n) is 2.06. The molecule has 0 saturated heterocycles. The highest BCUT2D eigenvalue weighted by Crippen LogP contribution is 2.36. The van der Waals surface area contributed by atoms with E-state index < -0.39 is 5.54 Å². The fourth-order valence-corrected chi connectivity index (χ4v) is 2.63. The van der Waals surface area contributed by atoms with Crippen molar-refractivity contribution in [2.24, 2.45) is 0 Å². The molecule has 0 bridgehead atoms. The Labute approximate surface area is 126 Å². The molecule has 1 amide bonds. The van der Waals surface area contributed by atoms with Gasteiger partial charge in [0.25, 0.3) is 5.91 Å². The molecule has 1 aliphatic rings. The smallest absolute Gasteiger partial charge is 0.256 e. The van der Waals surface area contributed by atoms with Gasteiger partial charge in [-0.1, -0.05) is 17.7 Å². The number of carbonyl (C=O) groups excluding carboxylic acids is 1. The minimum absolute atomic E-state index is 0.150. The molecule has 0 heterocycles. The Balaban J connectivity index is 2.41. The monoisotopic (exact) mass is 340 g/mol. The number of rotatable bonds is 3. The molecule has 1 saturated carbocycles. The van der Waals surface area contributed by atoms with Gasteiger partial charge in [0.05, 0.1) is 16.7 Å². The molecule has 0 atom stereocenters. The van der Waals surface area contributed by atoms with Crippen molar-refractivity contribution < 1.29 is 4.79 Å². The maximum Gasteiger partial charge on any atom is 0.256 e. The highest BCUT2D eigenvalue weighted by atomic mass is 79.9. The number of halogens is 2.